The molecule has 182 valence electrons. The van der Waals surface area contributed by atoms with Crippen molar-refractivity contribution in [3.8, 4) is 0 Å². The lowest BCUT2D eigenvalue weighted by molar-refractivity contribution is 0.159. The van der Waals surface area contributed by atoms with Gasteiger partial charge < -0.3 is 5.32 Å². The molecule has 0 bridgehead atoms. The Morgan fingerprint density at radius 3 is 2.51 bits per heavy atom. The highest BCUT2D eigenvalue weighted by Crippen LogP contribution is 2.47. The molecule has 1 spiro atoms. The number of halogens is 1. The molecule has 1 saturated carbocycles. The Bertz CT molecular complexity index is 1230. The zero-order valence-electron chi connectivity index (χ0n) is 20.3. The second-order valence-electron chi connectivity index (χ2n) is 10.8. The maximum atomic E-state index is 14.4. The number of carbonyl (C=O) groups excluding carboxylic acids is 1. The lowest BCUT2D eigenvalue weighted by Gasteiger charge is -2.40. The Morgan fingerprint density at radius 1 is 0.943 bits per heavy atom. The van der Waals surface area contributed by atoms with Gasteiger partial charge in [0.15, 0.2) is 0 Å². The van der Waals surface area contributed by atoms with E-state index in [0.29, 0.717) is 6.54 Å². The Balaban J connectivity index is 1.17. The van der Waals surface area contributed by atoms with Gasteiger partial charge in [0.25, 0.3) is 0 Å². The van der Waals surface area contributed by atoms with Gasteiger partial charge in [-0.1, -0.05) is 55.7 Å². The molecule has 0 unspecified atom stereocenters. The highest BCUT2D eigenvalue weighted by molar-refractivity contribution is 5.95. The number of hydrogen-bond donors (Lipinski definition) is 1. The Labute approximate surface area is 207 Å². The van der Waals surface area contributed by atoms with Crippen molar-refractivity contribution in [3.63, 3.8) is 0 Å². The third-order valence-corrected chi connectivity index (χ3v) is 8.49. The molecule has 2 heterocycles. The van der Waals surface area contributed by atoms with Gasteiger partial charge in [0.2, 0.25) is 0 Å². The monoisotopic (exact) mass is 471 g/mol. The number of nitrogens with one attached hydrogen (secondary N) is 1. The van der Waals surface area contributed by atoms with Crippen molar-refractivity contribution >= 4 is 22.5 Å². The van der Waals surface area contributed by atoms with Gasteiger partial charge in [0.1, 0.15) is 5.82 Å². The molecule has 0 atom stereocenters. The zero-order chi connectivity index (χ0) is 23.8. The van der Waals surface area contributed by atoms with Crippen LogP contribution in [0.5, 0.6) is 0 Å². The van der Waals surface area contributed by atoms with Crippen molar-refractivity contribution in [2.75, 3.05) is 24.5 Å². The fourth-order valence-corrected chi connectivity index (χ4v) is 6.48. The molecule has 3 aliphatic rings. The minimum atomic E-state index is -0.212. The van der Waals surface area contributed by atoms with Gasteiger partial charge in [0, 0.05) is 30.2 Å². The van der Waals surface area contributed by atoms with Crippen LogP contribution < -0.4 is 10.2 Å². The van der Waals surface area contributed by atoms with Crippen LogP contribution in [0.3, 0.4) is 0 Å². The predicted molar refractivity (Wildman–Crippen MR) is 139 cm³/mol. The number of rotatable bonds is 3. The van der Waals surface area contributed by atoms with E-state index in [1.807, 2.05) is 4.90 Å². The number of benzene rings is 3. The molecule has 3 aromatic rings. The van der Waals surface area contributed by atoms with Crippen LogP contribution in [-0.4, -0.2) is 36.6 Å². The third-order valence-electron chi connectivity index (χ3n) is 8.49. The minimum absolute atomic E-state index is 0.0137. The molecule has 35 heavy (non-hydrogen) atoms. The molecule has 6 rings (SSSR count). The smallest absolute Gasteiger partial charge is 0.322 e. The topological polar surface area (TPSA) is 35.6 Å². The molecule has 0 aromatic heterocycles. The van der Waals surface area contributed by atoms with E-state index in [0.717, 1.165) is 56.6 Å². The number of carbonyl (C=O) groups is 1. The van der Waals surface area contributed by atoms with Crippen LogP contribution in [0.2, 0.25) is 0 Å². The van der Waals surface area contributed by atoms with Crippen molar-refractivity contribution in [1.29, 1.82) is 0 Å². The summed E-state index contributed by atoms with van der Waals surface area (Å²) in [6.07, 6.45) is 7.62. The zero-order valence-corrected chi connectivity index (χ0v) is 20.3. The maximum absolute atomic E-state index is 14.4. The maximum Gasteiger partial charge on any atom is 0.322 e. The number of piperidine rings is 1. The summed E-state index contributed by atoms with van der Waals surface area (Å²) in [5.74, 6) is -0.212. The van der Waals surface area contributed by atoms with Crippen molar-refractivity contribution in [1.82, 2.24) is 10.2 Å². The van der Waals surface area contributed by atoms with E-state index >= 15 is 0 Å². The molecule has 1 saturated heterocycles. The van der Waals surface area contributed by atoms with E-state index in [2.05, 4.69) is 52.7 Å². The molecular weight excluding hydrogens is 437 g/mol. The van der Waals surface area contributed by atoms with Gasteiger partial charge in [-0.2, -0.15) is 0 Å². The molecular formula is C30H34FN3O. The Morgan fingerprint density at radius 2 is 1.71 bits per heavy atom. The standard InChI is InChI=1S/C30H34FN3O/c31-25-12-13-28-27(19-25)30(21-34(28)29(35)32-26-8-2-1-3-9-26)14-16-33(17-15-30)20-22-10-11-23-6-4-5-7-24(23)18-22/h4-7,10-13,18-19,26H,1-3,8-9,14-17,20-21H2,(H,32,35). The van der Waals surface area contributed by atoms with Crippen LogP contribution in [0.15, 0.2) is 60.7 Å². The second kappa shape index (κ2) is 9.27. The Hall–Kier alpha value is -2.92. The molecule has 3 aromatic carbocycles. The minimum Gasteiger partial charge on any atom is -0.335 e. The first-order valence-corrected chi connectivity index (χ1v) is 13.2. The number of likely N-dealkylation sites (tertiary alicyclic amines) is 1. The van der Waals surface area contributed by atoms with Crippen molar-refractivity contribution in [3.05, 3.63) is 77.6 Å². The van der Waals surface area contributed by atoms with Gasteiger partial charge in [-0.25, -0.2) is 9.18 Å². The first kappa shape index (κ1) is 22.5. The van der Waals surface area contributed by atoms with Crippen LogP contribution >= 0.6 is 0 Å². The lowest BCUT2D eigenvalue weighted by atomic mass is 9.74. The van der Waals surface area contributed by atoms with Crippen LogP contribution in [-0.2, 0) is 12.0 Å². The molecule has 2 amide bonds. The third kappa shape index (κ3) is 4.42. The molecule has 1 N–H and O–H groups in total. The van der Waals surface area contributed by atoms with Crippen molar-refractivity contribution in [2.24, 2.45) is 0 Å². The molecule has 1 aliphatic carbocycles. The van der Waals surface area contributed by atoms with E-state index in [4.69, 9.17) is 0 Å². The summed E-state index contributed by atoms with van der Waals surface area (Å²) < 4.78 is 14.4. The van der Waals surface area contributed by atoms with Crippen LogP contribution in [0, 0.1) is 5.82 Å². The van der Waals surface area contributed by atoms with Gasteiger partial charge in [-0.05, 0) is 84.9 Å². The molecule has 5 heteroatoms. The average Bonchev–Trinajstić information content (AvgIpc) is 3.19. The molecule has 4 nitrogen and oxygen atoms in total. The van der Waals surface area contributed by atoms with Crippen LogP contribution in [0.1, 0.15) is 56.1 Å². The SMILES string of the molecule is O=C(NC1CCCCC1)N1CC2(CCN(Cc3ccc4ccccc4c3)CC2)c2cc(F)ccc21. The number of amides is 2. The lowest BCUT2D eigenvalue weighted by Crippen LogP contribution is -2.49. The highest BCUT2D eigenvalue weighted by Gasteiger charge is 2.46. The van der Waals surface area contributed by atoms with E-state index < -0.39 is 0 Å². The summed E-state index contributed by atoms with van der Waals surface area (Å²) in [6, 6.07) is 20.4. The first-order chi connectivity index (χ1) is 17.1. The number of fused-ring (bicyclic) bond motifs is 3. The van der Waals surface area contributed by atoms with Gasteiger partial charge in [-0.15, -0.1) is 0 Å². The van der Waals surface area contributed by atoms with Crippen LogP contribution in [0.4, 0.5) is 14.9 Å². The predicted octanol–water partition coefficient (Wildman–Crippen LogP) is 6.38. The van der Waals surface area contributed by atoms with E-state index in [1.165, 1.54) is 41.7 Å². The molecule has 2 aliphatic heterocycles. The van der Waals surface area contributed by atoms with E-state index in [1.54, 1.807) is 12.1 Å². The molecule has 2 fully saturated rings. The number of hydrogen-bond acceptors (Lipinski definition) is 2. The van der Waals surface area contributed by atoms with Gasteiger partial charge in [-0.3, -0.25) is 9.80 Å². The number of urea groups is 1. The van der Waals surface area contributed by atoms with Crippen molar-refractivity contribution < 1.29 is 9.18 Å². The highest BCUT2D eigenvalue weighted by atomic mass is 19.1. The van der Waals surface area contributed by atoms with Crippen LogP contribution in [0.25, 0.3) is 10.8 Å². The summed E-state index contributed by atoms with van der Waals surface area (Å²) in [6.45, 7) is 3.46. The second-order valence-corrected chi connectivity index (χ2v) is 10.8. The van der Waals surface area contributed by atoms with Gasteiger partial charge in [0.05, 0.1) is 0 Å². The number of nitrogens with zero attached hydrogens (tertiary/aromatic N) is 2. The fourth-order valence-electron chi connectivity index (χ4n) is 6.48. The molecule has 0 radical (unpaired) electrons. The summed E-state index contributed by atoms with van der Waals surface area (Å²) in [4.78, 5) is 17.7. The summed E-state index contributed by atoms with van der Waals surface area (Å²) >= 11 is 0. The summed E-state index contributed by atoms with van der Waals surface area (Å²) in [5.41, 5.74) is 3.07. The van der Waals surface area contributed by atoms with Gasteiger partial charge >= 0.3 is 6.03 Å². The van der Waals surface area contributed by atoms with Crippen molar-refractivity contribution in [2.45, 2.75) is 62.9 Å². The normalized spacial score (nSPS) is 20.3. The van der Waals surface area contributed by atoms with E-state index in [-0.39, 0.29) is 23.3 Å². The average molecular weight is 472 g/mol. The Kier molecular flexibility index (Phi) is 5.97. The fraction of sp³-hybridized carbons (Fsp3) is 0.433. The quantitative estimate of drug-likeness (QED) is 0.481. The summed E-state index contributed by atoms with van der Waals surface area (Å²) in [7, 11) is 0. The largest absolute Gasteiger partial charge is 0.335 e. The number of anilines is 1. The van der Waals surface area contributed by atoms with E-state index in [9.17, 15) is 9.18 Å². The first-order valence-electron chi connectivity index (χ1n) is 13.2. The summed E-state index contributed by atoms with van der Waals surface area (Å²) in [5, 5.41) is 5.82.